The molecule has 0 saturated carbocycles. The Kier molecular flexibility index (Phi) is 6.14. The lowest BCUT2D eigenvalue weighted by atomic mass is 10.1. The van der Waals surface area contributed by atoms with Crippen molar-refractivity contribution in [2.24, 2.45) is 0 Å². The molecule has 4 rings (SSSR count). The van der Waals surface area contributed by atoms with Gasteiger partial charge in [0.25, 0.3) is 5.91 Å². The van der Waals surface area contributed by atoms with Crippen LogP contribution in [0, 0.1) is 13.8 Å². The second-order valence-electron chi connectivity index (χ2n) is 8.11. The molecule has 3 aromatic rings. The molecule has 0 radical (unpaired) electrons. The molecule has 1 aliphatic rings. The summed E-state index contributed by atoms with van der Waals surface area (Å²) in [6.45, 7) is 8.14. The normalized spacial score (nSPS) is 14.7. The average molecular weight is 437 g/mol. The van der Waals surface area contributed by atoms with Gasteiger partial charge in [0.15, 0.2) is 5.78 Å². The number of para-hydroxylation sites is 1. The van der Waals surface area contributed by atoms with Crippen molar-refractivity contribution in [1.82, 2.24) is 19.8 Å². The smallest absolute Gasteiger partial charge is 0.340 e. The van der Waals surface area contributed by atoms with Crippen molar-refractivity contribution in [3.05, 3.63) is 58.5 Å². The summed E-state index contributed by atoms with van der Waals surface area (Å²) in [5, 5.41) is 1.01. The molecule has 1 saturated heterocycles. The Bertz CT molecular complexity index is 1140. The predicted molar refractivity (Wildman–Crippen MR) is 121 cm³/mol. The Morgan fingerprint density at radius 1 is 1.03 bits per heavy atom. The number of hydrogen-bond donors (Lipinski definition) is 2. The first kappa shape index (κ1) is 21.8. The summed E-state index contributed by atoms with van der Waals surface area (Å²) in [7, 11) is 0. The van der Waals surface area contributed by atoms with Crippen molar-refractivity contribution < 1.29 is 19.1 Å². The number of piperazine rings is 1. The highest BCUT2D eigenvalue weighted by atomic mass is 16.5. The summed E-state index contributed by atoms with van der Waals surface area (Å²) >= 11 is 0. The molecule has 32 heavy (non-hydrogen) atoms. The number of Topliss-reactive ketones (excluding diaryl/α,β-unsaturated/α-hetero) is 1. The van der Waals surface area contributed by atoms with Crippen molar-refractivity contribution in [1.29, 1.82) is 0 Å². The summed E-state index contributed by atoms with van der Waals surface area (Å²) in [5.41, 5.74) is 3.67. The van der Waals surface area contributed by atoms with Crippen LogP contribution in [0.4, 0.5) is 0 Å². The Morgan fingerprint density at radius 3 is 2.44 bits per heavy atom. The molecule has 1 aliphatic heterocycles. The first-order chi connectivity index (χ1) is 15.4. The molecule has 168 valence electrons. The van der Waals surface area contributed by atoms with E-state index in [0.717, 1.165) is 10.9 Å². The summed E-state index contributed by atoms with van der Waals surface area (Å²) in [4.78, 5) is 48.1. The van der Waals surface area contributed by atoms with Gasteiger partial charge in [-0.2, -0.15) is 0 Å². The molecular formula is C24H28N4O4. The highest BCUT2D eigenvalue weighted by Crippen LogP contribution is 2.21. The van der Waals surface area contributed by atoms with Gasteiger partial charge in [-0.25, -0.2) is 4.79 Å². The number of esters is 1. The third-order valence-electron chi connectivity index (χ3n) is 5.98. The van der Waals surface area contributed by atoms with E-state index in [2.05, 4.69) is 9.97 Å². The maximum atomic E-state index is 12.9. The zero-order valence-electron chi connectivity index (χ0n) is 18.7. The summed E-state index contributed by atoms with van der Waals surface area (Å²) in [6, 6.07) is 9.69. The third-order valence-corrected chi connectivity index (χ3v) is 5.98. The van der Waals surface area contributed by atoms with Gasteiger partial charge < -0.3 is 19.6 Å². The van der Waals surface area contributed by atoms with Crippen molar-refractivity contribution in [2.75, 3.05) is 39.3 Å². The number of ether oxygens (including phenoxy) is 1. The molecule has 0 aliphatic carbocycles. The zero-order chi connectivity index (χ0) is 22.8. The van der Waals surface area contributed by atoms with Crippen LogP contribution in [0.5, 0.6) is 0 Å². The minimum Gasteiger partial charge on any atom is -0.462 e. The molecule has 8 nitrogen and oxygen atoms in total. The van der Waals surface area contributed by atoms with E-state index in [1.807, 2.05) is 40.1 Å². The third kappa shape index (κ3) is 4.18. The minimum atomic E-state index is -0.415. The van der Waals surface area contributed by atoms with Crippen molar-refractivity contribution in [2.45, 2.75) is 20.8 Å². The number of aromatic nitrogens is 2. The van der Waals surface area contributed by atoms with Crippen LogP contribution < -0.4 is 0 Å². The molecule has 0 unspecified atom stereocenters. The number of hydrogen-bond acceptors (Lipinski definition) is 5. The number of fused-ring (bicyclic) bond motifs is 1. The quantitative estimate of drug-likeness (QED) is 0.457. The van der Waals surface area contributed by atoms with Gasteiger partial charge >= 0.3 is 5.97 Å². The molecule has 0 spiro atoms. The van der Waals surface area contributed by atoms with Crippen LogP contribution in [0.3, 0.4) is 0 Å². The van der Waals surface area contributed by atoms with Crippen LogP contribution in [-0.2, 0) is 4.74 Å². The van der Waals surface area contributed by atoms with E-state index in [-0.39, 0.29) is 24.8 Å². The average Bonchev–Trinajstić information content (AvgIpc) is 3.34. The fourth-order valence-corrected chi connectivity index (χ4v) is 4.29. The number of benzene rings is 1. The molecular weight excluding hydrogens is 408 g/mol. The maximum Gasteiger partial charge on any atom is 0.340 e. The van der Waals surface area contributed by atoms with E-state index in [4.69, 9.17) is 4.74 Å². The number of nitrogens with zero attached hydrogens (tertiary/aromatic N) is 2. The summed E-state index contributed by atoms with van der Waals surface area (Å²) < 4.78 is 5.10. The van der Waals surface area contributed by atoms with Crippen LogP contribution in [0.15, 0.2) is 30.3 Å². The van der Waals surface area contributed by atoms with Crippen LogP contribution in [0.25, 0.3) is 10.9 Å². The topological polar surface area (TPSA) is 98.5 Å². The summed E-state index contributed by atoms with van der Waals surface area (Å²) in [5.74, 6) is -0.513. The highest BCUT2D eigenvalue weighted by molar-refractivity contribution is 6.02. The Balaban J connectivity index is 1.37. The van der Waals surface area contributed by atoms with Gasteiger partial charge in [-0.3, -0.25) is 14.5 Å². The lowest BCUT2D eigenvalue weighted by molar-refractivity contribution is 0.0524. The van der Waals surface area contributed by atoms with Gasteiger partial charge in [-0.05, 0) is 38.5 Å². The number of nitrogens with one attached hydrogen (secondary N) is 2. The van der Waals surface area contributed by atoms with Gasteiger partial charge in [-0.1, -0.05) is 18.2 Å². The second kappa shape index (κ2) is 9.00. The fourth-order valence-electron chi connectivity index (χ4n) is 4.29. The number of ketones is 1. The molecule has 2 N–H and O–H groups in total. The monoisotopic (exact) mass is 436 g/mol. The van der Waals surface area contributed by atoms with Crippen LogP contribution in [-0.4, -0.2) is 76.8 Å². The number of rotatable bonds is 6. The van der Waals surface area contributed by atoms with E-state index in [1.165, 1.54) is 0 Å². The van der Waals surface area contributed by atoms with E-state index < -0.39 is 5.97 Å². The fraction of sp³-hybridized carbons (Fsp3) is 0.375. The van der Waals surface area contributed by atoms with Gasteiger partial charge in [0.05, 0.1) is 24.4 Å². The predicted octanol–water partition coefficient (Wildman–Crippen LogP) is 2.93. The van der Waals surface area contributed by atoms with Crippen LogP contribution in [0.2, 0.25) is 0 Å². The van der Waals surface area contributed by atoms with Crippen molar-refractivity contribution >= 4 is 28.6 Å². The van der Waals surface area contributed by atoms with Gasteiger partial charge in [0, 0.05) is 42.8 Å². The number of aromatic amines is 2. The Hall–Kier alpha value is -3.39. The highest BCUT2D eigenvalue weighted by Gasteiger charge is 2.27. The SMILES string of the molecule is CCOC(=O)c1c(C)[nH]c(C(=O)CN2CCN(C(=O)c3cc4ccccc4[nH]3)CC2)c1C. The van der Waals surface area contributed by atoms with Gasteiger partial charge in [0.2, 0.25) is 0 Å². The molecule has 0 atom stereocenters. The van der Waals surface area contributed by atoms with E-state index >= 15 is 0 Å². The number of aryl methyl sites for hydroxylation is 1. The Labute approximate surface area is 186 Å². The second-order valence-corrected chi connectivity index (χ2v) is 8.11. The molecule has 1 amide bonds. The number of amides is 1. The Morgan fingerprint density at radius 2 is 1.75 bits per heavy atom. The van der Waals surface area contributed by atoms with Crippen molar-refractivity contribution in [3.8, 4) is 0 Å². The van der Waals surface area contributed by atoms with Crippen LogP contribution >= 0.6 is 0 Å². The maximum absolute atomic E-state index is 12.9. The first-order valence-electron chi connectivity index (χ1n) is 10.9. The summed E-state index contributed by atoms with van der Waals surface area (Å²) in [6.07, 6.45) is 0. The number of H-pyrrole nitrogens is 2. The number of carbonyl (C=O) groups excluding carboxylic acids is 3. The molecule has 1 aromatic carbocycles. The molecule has 2 aromatic heterocycles. The first-order valence-corrected chi connectivity index (χ1v) is 10.9. The number of carbonyl (C=O) groups is 3. The molecule has 8 heteroatoms. The van der Waals surface area contributed by atoms with E-state index in [1.54, 1.807) is 20.8 Å². The van der Waals surface area contributed by atoms with E-state index in [9.17, 15) is 14.4 Å². The van der Waals surface area contributed by atoms with Crippen LogP contribution in [0.1, 0.15) is 49.5 Å². The zero-order valence-corrected chi connectivity index (χ0v) is 18.7. The van der Waals surface area contributed by atoms with Crippen molar-refractivity contribution in [3.63, 3.8) is 0 Å². The lowest BCUT2D eigenvalue weighted by Crippen LogP contribution is -2.50. The lowest BCUT2D eigenvalue weighted by Gasteiger charge is -2.34. The van der Waals surface area contributed by atoms with E-state index in [0.29, 0.717) is 54.4 Å². The minimum absolute atomic E-state index is 0.0258. The largest absolute Gasteiger partial charge is 0.462 e. The standard InChI is InChI=1S/C24H28N4O4/c1-4-32-24(31)21-15(2)22(25-16(21)3)20(29)14-27-9-11-28(12-10-27)23(30)19-13-17-7-5-6-8-18(17)26-19/h5-8,13,25-26H,4,9-12,14H2,1-3H3. The molecule has 1 fully saturated rings. The molecule has 3 heterocycles. The van der Waals surface area contributed by atoms with Gasteiger partial charge in [0.1, 0.15) is 5.69 Å². The molecule has 0 bridgehead atoms. The van der Waals surface area contributed by atoms with Gasteiger partial charge in [-0.15, -0.1) is 0 Å².